The van der Waals surface area contributed by atoms with Crippen molar-refractivity contribution in [1.29, 1.82) is 0 Å². The molecule has 1 aliphatic rings. The van der Waals surface area contributed by atoms with Crippen LogP contribution in [0.1, 0.15) is 59.6 Å². The Bertz CT molecular complexity index is 707. The molecular weight excluding hydrogens is 386 g/mol. The standard InChI is InChI=1S/C15H21NO4.C8H18O2/c1-9-5-10-7-11(19-13(10)12(17)6-9)8-16-14(18)20-15(2,3)4;1-7(2,9-5)8(3,4)10-6/h5-6,11,17H,7-8H2,1-4H3,(H,16,18);1-6H3. The molecule has 0 saturated carbocycles. The van der Waals surface area contributed by atoms with Gasteiger partial charge in [0.2, 0.25) is 0 Å². The van der Waals surface area contributed by atoms with Crippen LogP contribution in [0, 0.1) is 6.92 Å². The fourth-order valence-corrected chi connectivity index (χ4v) is 2.69. The summed E-state index contributed by atoms with van der Waals surface area (Å²) < 4.78 is 21.4. The zero-order valence-corrected chi connectivity index (χ0v) is 20.1. The molecule has 1 aliphatic heterocycles. The lowest BCUT2D eigenvalue weighted by atomic mass is 9.89. The number of fused-ring (bicyclic) bond motifs is 1. The number of nitrogens with one attached hydrogen (secondary N) is 1. The van der Waals surface area contributed by atoms with Crippen LogP contribution in [0.4, 0.5) is 4.79 Å². The normalized spacial score (nSPS) is 16.1. The molecule has 2 N–H and O–H groups in total. The summed E-state index contributed by atoms with van der Waals surface area (Å²) in [6, 6.07) is 3.66. The number of alkyl carbamates (subject to hydrolysis) is 1. The van der Waals surface area contributed by atoms with E-state index in [1.807, 2.05) is 61.5 Å². The van der Waals surface area contributed by atoms with Crippen LogP contribution in [-0.2, 0) is 20.6 Å². The lowest BCUT2D eigenvalue weighted by molar-refractivity contribution is -0.147. The Hall–Kier alpha value is -1.99. The maximum atomic E-state index is 11.6. The van der Waals surface area contributed by atoms with Gasteiger partial charge < -0.3 is 29.4 Å². The molecule has 1 aromatic rings. The highest BCUT2D eigenvalue weighted by Crippen LogP contribution is 2.38. The number of hydrogen-bond acceptors (Lipinski definition) is 6. The average molecular weight is 426 g/mol. The Morgan fingerprint density at radius 3 is 2.10 bits per heavy atom. The number of phenols is 1. The Morgan fingerprint density at radius 1 is 1.10 bits per heavy atom. The van der Waals surface area contributed by atoms with Crippen LogP contribution in [0.25, 0.3) is 0 Å². The minimum atomic E-state index is -0.515. The van der Waals surface area contributed by atoms with E-state index < -0.39 is 11.7 Å². The van der Waals surface area contributed by atoms with Gasteiger partial charge >= 0.3 is 6.09 Å². The van der Waals surface area contributed by atoms with E-state index >= 15 is 0 Å². The third-order valence-corrected chi connectivity index (χ3v) is 5.37. The Morgan fingerprint density at radius 2 is 1.63 bits per heavy atom. The van der Waals surface area contributed by atoms with E-state index in [0.29, 0.717) is 18.7 Å². The third kappa shape index (κ3) is 7.36. The number of rotatable bonds is 5. The van der Waals surface area contributed by atoms with E-state index in [9.17, 15) is 9.90 Å². The molecule has 7 nitrogen and oxygen atoms in total. The quantitative estimate of drug-likeness (QED) is 0.729. The Kier molecular flexibility index (Phi) is 8.58. The Balaban J connectivity index is 0.000000382. The third-order valence-electron chi connectivity index (χ3n) is 5.37. The van der Waals surface area contributed by atoms with Gasteiger partial charge in [-0.3, -0.25) is 0 Å². The van der Waals surface area contributed by atoms with Crippen molar-refractivity contribution >= 4 is 6.09 Å². The van der Waals surface area contributed by atoms with Crippen LogP contribution >= 0.6 is 0 Å². The lowest BCUT2D eigenvalue weighted by Crippen LogP contribution is -2.48. The number of carbonyl (C=O) groups excluding carboxylic acids is 1. The molecule has 0 aromatic heterocycles. The summed E-state index contributed by atoms with van der Waals surface area (Å²) >= 11 is 0. The van der Waals surface area contributed by atoms with Gasteiger partial charge in [-0.1, -0.05) is 6.07 Å². The number of aromatic hydroxyl groups is 1. The summed E-state index contributed by atoms with van der Waals surface area (Å²) in [5.74, 6) is 0.673. The SMILES string of the molecule is COC(C)(C)C(C)(C)OC.Cc1cc(O)c2c(c1)CC(CNC(=O)OC(C)(C)C)O2. The molecule has 1 heterocycles. The molecule has 0 spiro atoms. The second-order valence-electron chi connectivity index (χ2n) is 9.53. The van der Waals surface area contributed by atoms with Crippen molar-refractivity contribution in [2.75, 3.05) is 20.8 Å². The molecule has 1 unspecified atom stereocenters. The topological polar surface area (TPSA) is 86.2 Å². The van der Waals surface area contributed by atoms with Crippen molar-refractivity contribution in [3.8, 4) is 11.5 Å². The molecule has 2 rings (SSSR count). The second kappa shape index (κ2) is 9.88. The highest BCUT2D eigenvalue weighted by atomic mass is 16.6. The molecule has 1 amide bonds. The van der Waals surface area contributed by atoms with Gasteiger partial charge in [0.25, 0.3) is 0 Å². The Labute approximate surface area is 181 Å². The van der Waals surface area contributed by atoms with Crippen molar-refractivity contribution < 1.29 is 28.8 Å². The van der Waals surface area contributed by atoms with Crippen LogP contribution in [-0.4, -0.2) is 54.9 Å². The number of phenolic OH excluding ortho intramolecular Hbond substituents is 1. The summed E-state index contributed by atoms with van der Waals surface area (Å²) in [4.78, 5) is 11.6. The van der Waals surface area contributed by atoms with Crippen molar-refractivity contribution in [3.05, 3.63) is 23.3 Å². The molecule has 172 valence electrons. The summed E-state index contributed by atoms with van der Waals surface area (Å²) in [7, 11) is 3.39. The van der Waals surface area contributed by atoms with Gasteiger partial charge in [-0.2, -0.15) is 0 Å². The molecule has 1 aromatic carbocycles. The number of benzene rings is 1. The van der Waals surface area contributed by atoms with E-state index in [1.165, 1.54) is 0 Å². The van der Waals surface area contributed by atoms with E-state index in [1.54, 1.807) is 20.3 Å². The molecule has 30 heavy (non-hydrogen) atoms. The number of aryl methyl sites for hydroxylation is 1. The minimum Gasteiger partial charge on any atom is -0.504 e. The van der Waals surface area contributed by atoms with Crippen molar-refractivity contribution in [2.45, 2.75) is 84.7 Å². The summed E-state index contributed by atoms with van der Waals surface area (Å²) in [5, 5.41) is 12.5. The van der Waals surface area contributed by atoms with Gasteiger partial charge in [-0.15, -0.1) is 0 Å². The first-order valence-electron chi connectivity index (χ1n) is 10.2. The van der Waals surface area contributed by atoms with Crippen LogP contribution in [0.15, 0.2) is 12.1 Å². The van der Waals surface area contributed by atoms with Gasteiger partial charge in [-0.25, -0.2) is 4.79 Å². The largest absolute Gasteiger partial charge is 0.504 e. The smallest absolute Gasteiger partial charge is 0.407 e. The maximum Gasteiger partial charge on any atom is 0.407 e. The fraction of sp³-hybridized carbons (Fsp3) is 0.696. The average Bonchev–Trinajstić information content (AvgIpc) is 3.02. The first-order chi connectivity index (χ1) is 13.6. The van der Waals surface area contributed by atoms with Crippen LogP contribution in [0.3, 0.4) is 0 Å². The highest BCUT2D eigenvalue weighted by molar-refractivity contribution is 5.67. The van der Waals surface area contributed by atoms with E-state index in [0.717, 1.165) is 11.1 Å². The van der Waals surface area contributed by atoms with E-state index in [-0.39, 0.29) is 23.1 Å². The molecule has 0 saturated heterocycles. The summed E-state index contributed by atoms with van der Waals surface area (Å²) in [6.07, 6.45) is 0.0306. The van der Waals surface area contributed by atoms with E-state index in [4.69, 9.17) is 18.9 Å². The molecule has 7 heteroatoms. The molecule has 0 radical (unpaired) electrons. The molecular formula is C23H39NO6. The predicted molar refractivity (Wildman–Crippen MR) is 117 cm³/mol. The first-order valence-corrected chi connectivity index (χ1v) is 10.2. The number of hydrogen-bond donors (Lipinski definition) is 2. The van der Waals surface area contributed by atoms with Crippen molar-refractivity contribution in [2.24, 2.45) is 0 Å². The zero-order chi connectivity index (χ0) is 23.3. The summed E-state index contributed by atoms with van der Waals surface area (Å²) in [5.41, 5.74) is 0.978. The number of methoxy groups -OCH3 is 2. The molecule has 1 atom stereocenters. The summed E-state index contributed by atoms with van der Waals surface area (Å²) in [6.45, 7) is 15.8. The second-order valence-corrected chi connectivity index (χ2v) is 9.53. The van der Waals surface area contributed by atoms with Crippen molar-refractivity contribution in [3.63, 3.8) is 0 Å². The highest BCUT2D eigenvalue weighted by Gasteiger charge is 2.37. The van der Waals surface area contributed by atoms with E-state index in [2.05, 4.69) is 5.32 Å². The van der Waals surface area contributed by atoms with Crippen LogP contribution in [0.5, 0.6) is 11.5 Å². The first kappa shape index (κ1) is 26.0. The molecule has 0 fully saturated rings. The molecule has 0 bridgehead atoms. The fourth-order valence-electron chi connectivity index (χ4n) is 2.69. The monoisotopic (exact) mass is 425 g/mol. The maximum absolute atomic E-state index is 11.6. The van der Waals surface area contributed by atoms with Gasteiger partial charge in [0.15, 0.2) is 11.5 Å². The van der Waals surface area contributed by atoms with Gasteiger partial charge in [0.1, 0.15) is 11.7 Å². The molecule has 0 aliphatic carbocycles. The number of carbonyl (C=O) groups is 1. The predicted octanol–water partition coefficient (Wildman–Crippen LogP) is 4.37. The van der Waals surface area contributed by atoms with Crippen molar-refractivity contribution in [1.82, 2.24) is 5.32 Å². The number of ether oxygens (including phenoxy) is 4. The zero-order valence-electron chi connectivity index (χ0n) is 20.1. The number of amides is 1. The lowest BCUT2D eigenvalue weighted by Gasteiger charge is -2.38. The van der Waals surface area contributed by atoms with Gasteiger partial charge in [-0.05, 0) is 67.0 Å². The minimum absolute atomic E-state index is 0.153. The van der Waals surface area contributed by atoms with Gasteiger partial charge in [0, 0.05) is 26.2 Å². The van der Waals surface area contributed by atoms with Gasteiger partial charge in [0.05, 0.1) is 17.7 Å². The van der Waals surface area contributed by atoms with Crippen LogP contribution < -0.4 is 10.1 Å². The van der Waals surface area contributed by atoms with Crippen LogP contribution in [0.2, 0.25) is 0 Å².